The van der Waals surface area contributed by atoms with Gasteiger partial charge in [0.05, 0.1) is 6.10 Å². The van der Waals surface area contributed by atoms with Crippen LogP contribution in [0, 0.1) is 5.82 Å². The lowest BCUT2D eigenvalue weighted by atomic mass is 10.1. The first-order chi connectivity index (χ1) is 12.1. The van der Waals surface area contributed by atoms with E-state index in [2.05, 4.69) is 0 Å². The van der Waals surface area contributed by atoms with Crippen LogP contribution in [0.25, 0.3) is 0 Å². The zero-order valence-electron chi connectivity index (χ0n) is 14.5. The van der Waals surface area contributed by atoms with Crippen LogP contribution < -0.4 is 0 Å². The molecule has 3 rings (SSSR count). The third kappa shape index (κ3) is 4.78. The Morgan fingerprint density at radius 2 is 1.92 bits per heavy atom. The molecule has 2 fully saturated rings. The Labute approximate surface area is 147 Å². The van der Waals surface area contributed by atoms with E-state index >= 15 is 0 Å². The van der Waals surface area contributed by atoms with Gasteiger partial charge < -0.3 is 14.5 Å². The zero-order chi connectivity index (χ0) is 17.6. The molecule has 0 saturated carbocycles. The average molecular weight is 348 g/mol. The lowest BCUT2D eigenvalue weighted by Crippen LogP contribution is -2.37. The molecule has 2 aliphatic heterocycles. The molecule has 136 valence electrons. The van der Waals surface area contributed by atoms with Crippen molar-refractivity contribution in [3.63, 3.8) is 0 Å². The van der Waals surface area contributed by atoms with Crippen LogP contribution in [0.5, 0.6) is 0 Å². The number of amides is 2. The van der Waals surface area contributed by atoms with Gasteiger partial charge in [0, 0.05) is 44.8 Å². The molecular formula is C19H25FN2O3. The summed E-state index contributed by atoms with van der Waals surface area (Å²) in [4.78, 5) is 28.5. The van der Waals surface area contributed by atoms with Crippen molar-refractivity contribution in [3.8, 4) is 0 Å². The van der Waals surface area contributed by atoms with E-state index in [0.29, 0.717) is 38.2 Å². The molecule has 0 N–H and O–H groups in total. The second-order valence-electron chi connectivity index (χ2n) is 6.71. The van der Waals surface area contributed by atoms with Gasteiger partial charge in [-0.3, -0.25) is 9.59 Å². The fraction of sp³-hybridized carbons (Fsp3) is 0.579. The molecule has 1 unspecified atom stereocenters. The van der Waals surface area contributed by atoms with Crippen LogP contribution in [-0.2, 0) is 9.53 Å². The van der Waals surface area contributed by atoms with E-state index in [4.69, 9.17) is 4.74 Å². The lowest BCUT2D eigenvalue weighted by molar-refractivity contribution is -0.131. The summed E-state index contributed by atoms with van der Waals surface area (Å²) in [6.45, 7) is 3.08. The summed E-state index contributed by atoms with van der Waals surface area (Å²) in [5.74, 6) is -0.449. The quantitative estimate of drug-likeness (QED) is 0.840. The molecule has 1 atom stereocenters. The maximum atomic E-state index is 13.3. The molecule has 0 aliphatic carbocycles. The molecule has 2 aliphatic rings. The molecule has 2 amide bonds. The monoisotopic (exact) mass is 348 g/mol. The van der Waals surface area contributed by atoms with Gasteiger partial charge in [-0.05, 0) is 43.9 Å². The lowest BCUT2D eigenvalue weighted by Gasteiger charge is -2.22. The highest BCUT2D eigenvalue weighted by molar-refractivity contribution is 5.94. The first-order valence-electron chi connectivity index (χ1n) is 9.08. The first kappa shape index (κ1) is 17.9. The highest BCUT2D eigenvalue weighted by Gasteiger charge is 2.24. The number of halogens is 1. The van der Waals surface area contributed by atoms with Crippen molar-refractivity contribution >= 4 is 11.8 Å². The van der Waals surface area contributed by atoms with E-state index in [1.807, 2.05) is 4.90 Å². The molecule has 25 heavy (non-hydrogen) atoms. The summed E-state index contributed by atoms with van der Waals surface area (Å²) in [5, 5.41) is 0. The van der Waals surface area contributed by atoms with Crippen LogP contribution in [0.15, 0.2) is 24.3 Å². The average Bonchev–Trinajstić information content (AvgIpc) is 3.01. The maximum absolute atomic E-state index is 13.3. The fourth-order valence-electron chi connectivity index (χ4n) is 3.49. The normalized spacial score (nSPS) is 21.2. The first-order valence-corrected chi connectivity index (χ1v) is 9.08. The number of nitrogens with zero attached hydrogens (tertiary/aromatic N) is 2. The number of rotatable bonds is 4. The Morgan fingerprint density at radius 1 is 1.12 bits per heavy atom. The summed E-state index contributed by atoms with van der Waals surface area (Å²) < 4.78 is 18.9. The Morgan fingerprint density at radius 3 is 2.68 bits per heavy atom. The van der Waals surface area contributed by atoms with Gasteiger partial charge in [-0.15, -0.1) is 0 Å². The fourth-order valence-corrected chi connectivity index (χ4v) is 3.49. The van der Waals surface area contributed by atoms with Gasteiger partial charge in [0.25, 0.3) is 5.91 Å². The zero-order valence-corrected chi connectivity index (χ0v) is 14.5. The van der Waals surface area contributed by atoms with E-state index in [9.17, 15) is 14.0 Å². The van der Waals surface area contributed by atoms with E-state index in [0.717, 1.165) is 32.3 Å². The molecule has 1 aromatic carbocycles. The molecule has 2 saturated heterocycles. The molecule has 0 aromatic heterocycles. The predicted octanol–water partition coefficient (Wildman–Crippen LogP) is 2.46. The number of carbonyl (C=O) groups excluding carboxylic acids is 2. The minimum absolute atomic E-state index is 0.135. The summed E-state index contributed by atoms with van der Waals surface area (Å²) in [5.41, 5.74) is 0.359. The second kappa shape index (κ2) is 8.43. The minimum Gasteiger partial charge on any atom is -0.378 e. The maximum Gasteiger partial charge on any atom is 0.254 e. The highest BCUT2D eigenvalue weighted by Crippen LogP contribution is 2.18. The second-order valence-corrected chi connectivity index (χ2v) is 6.71. The predicted molar refractivity (Wildman–Crippen MR) is 91.7 cm³/mol. The van der Waals surface area contributed by atoms with Crippen molar-refractivity contribution < 1.29 is 18.7 Å². The third-order valence-electron chi connectivity index (χ3n) is 4.91. The molecule has 1 aromatic rings. The van der Waals surface area contributed by atoms with Crippen LogP contribution in [0.3, 0.4) is 0 Å². The van der Waals surface area contributed by atoms with Crippen LogP contribution in [0.4, 0.5) is 4.39 Å². The van der Waals surface area contributed by atoms with Gasteiger partial charge >= 0.3 is 0 Å². The van der Waals surface area contributed by atoms with Crippen LogP contribution in [0.1, 0.15) is 42.5 Å². The molecule has 2 heterocycles. The largest absolute Gasteiger partial charge is 0.378 e. The van der Waals surface area contributed by atoms with Gasteiger partial charge in [-0.25, -0.2) is 4.39 Å². The van der Waals surface area contributed by atoms with Gasteiger partial charge in [0.1, 0.15) is 5.82 Å². The Kier molecular flexibility index (Phi) is 6.02. The van der Waals surface area contributed by atoms with E-state index in [1.165, 1.54) is 12.1 Å². The van der Waals surface area contributed by atoms with Gasteiger partial charge in [0.2, 0.25) is 5.91 Å². The van der Waals surface area contributed by atoms with Crippen LogP contribution >= 0.6 is 0 Å². The number of ether oxygens (including phenoxy) is 1. The SMILES string of the molecule is O=C(CCC1CCCO1)N1CCCN(C(=O)c2cccc(F)c2)CC1. The van der Waals surface area contributed by atoms with Crippen molar-refractivity contribution in [1.82, 2.24) is 9.80 Å². The minimum atomic E-state index is -0.411. The summed E-state index contributed by atoms with van der Waals surface area (Å²) >= 11 is 0. The molecule has 6 heteroatoms. The van der Waals surface area contributed by atoms with E-state index in [-0.39, 0.29) is 17.9 Å². The topological polar surface area (TPSA) is 49.9 Å². The standard InChI is InChI=1S/C19H25FN2O3/c20-16-5-1-4-15(14-16)19(24)22-10-3-9-21(11-12-22)18(23)8-7-17-6-2-13-25-17/h1,4-5,14,17H,2-3,6-13H2. The Bertz CT molecular complexity index is 616. The number of benzene rings is 1. The Hall–Kier alpha value is -1.95. The van der Waals surface area contributed by atoms with Gasteiger partial charge in [-0.1, -0.05) is 6.07 Å². The van der Waals surface area contributed by atoms with Crippen molar-refractivity contribution in [2.45, 2.75) is 38.2 Å². The summed E-state index contributed by atoms with van der Waals surface area (Å²) in [7, 11) is 0. The number of carbonyl (C=O) groups is 2. The highest BCUT2D eigenvalue weighted by atomic mass is 19.1. The van der Waals surface area contributed by atoms with Crippen molar-refractivity contribution in [1.29, 1.82) is 0 Å². The third-order valence-corrected chi connectivity index (χ3v) is 4.91. The van der Waals surface area contributed by atoms with E-state index < -0.39 is 5.82 Å². The molecular weight excluding hydrogens is 323 g/mol. The Balaban J connectivity index is 1.51. The van der Waals surface area contributed by atoms with Crippen molar-refractivity contribution in [3.05, 3.63) is 35.6 Å². The molecule has 5 nitrogen and oxygen atoms in total. The summed E-state index contributed by atoms with van der Waals surface area (Å²) in [6, 6.07) is 5.76. The van der Waals surface area contributed by atoms with Gasteiger partial charge in [-0.2, -0.15) is 0 Å². The van der Waals surface area contributed by atoms with Crippen LogP contribution in [0.2, 0.25) is 0 Å². The summed E-state index contributed by atoms with van der Waals surface area (Å²) in [6.07, 6.45) is 4.38. The van der Waals surface area contributed by atoms with E-state index in [1.54, 1.807) is 17.0 Å². The van der Waals surface area contributed by atoms with Gasteiger partial charge in [0.15, 0.2) is 0 Å². The van der Waals surface area contributed by atoms with Crippen LogP contribution in [-0.4, -0.2) is 60.5 Å². The van der Waals surface area contributed by atoms with Crippen molar-refractivity contribution in [2.24, 2.45) is 0 Å². The molecule has 0 spiro atoms. The molecule has 0 bridgehead atoms. The number of hydrogen-bond acceptors (Lipinski definition) is 3. The number of hydrogen-bond donors (Lipinski definition) is 0. The molecule has 0 radical (unpaired) electrons. The van der Waals surface area contributed by atoms with Crippen molar-refractivity contribution in [2.75, 3.05) is 32.8 Å². The smallest absolute Gasteiger partial charge is 0.254 e.